The lowest BCUT2D eigenvalue weighted by Gasteiger charge is -2.13. The van der Waals surface area contributed by atoms with Crippen molar-refractivity contribution in [1.82, 2.24) is 20.4 Å². The molecule has 2 aromatic rings. The molecule has 0 aliphatic heterocycles. The van der Waals surface area contributed by atoms with E-state index in [9.17, 15) is 4.79 Å². The highest BCUT2D eigenvalue weighted by atomic mass is 16.5. The van der Waals surface area contributed by atoms with Gasteiger partial charge in [0.1, 0.15) is 6.04 Å². The second-order valence-electron chi connectivity index (χ2n) is 5.90. The number of hydrogen-bond donors (Lipinski definition) is 1. The third-order valence-electron chi connectivity index (χ3n) is 3.86. The first-order valence-corrected chi connectivity index (χ1v) is 7.05. The van der Waals surface area contributed by atoms with E-state index >= 15 is 0 Å². The molecule has 1 aliphatic rings. The predicted molar refractivity (Wildman–Crippen MR) is 76.2 cm³/mol. The molecule has 6 nitrogen and oxygen atoms in total. The van der Waals surface area contributed by atoms with Crippen molar-refractivity contribution in [2.45, 2.75) is 39.7 Å². The molecule has 1 aliphatic carbocycles. The SMILES string of the molecule is Cc1cc(-c2noc([C@H](C)NC(=O)C3(C)CC3)n2)ccn1. The number of rotatable bonds is 4. The summed E-state index contributed by atoms with van der Waals surface area (Å²) in [6.07, 6.45) is 3.59. The highest BCUT2D eigenvalue weighted by Crippen LogP contribution is 2.45. The Labute approximate surface area is 123 Å². The Balaban J connectivity index is 1.74. The molecule has 0 spiro atoms. The van der Waals surface area contributed by atoms with Gasteiger partial charge in [-0.15, -0.1) is 0 Å². The molecule has 0 unspecified atom stereocenters. The lowest BCUT2D eigenvalue weighted by molar-refractivity contribution is -0.126. The van der Waals surface area contributed by atoms with Gasteiger partial charge in [0.2, 0.25) is 17.6 Å². The lowest BCUT2D eigenvalue weighted by Crippen LogP contribution is -2.32. The lowest BCUT2D eigenvalue weighted by atomic mass is 10.1. The van der Waals surface area contributed by atoms with Crippen molar-refractivity contribution in [3.05, 3.63) is 29.9 Å². The van der Waals surface area contributed by atoms with Crippen LogP contribution in [0.1, 0.15) is 44.3 Å². The number of pyridine rings is 1. The smallest absolute Gasteiger partial charge is 0.249 e. The van der Waals surface area contributed by atoms with Gasteiger partial charge >= 0.3 is 0 Å². The van der Waals surface area contributed by atoms with Crippen molar-refractivity contribution in [2.24, 2.45) is 5.41 Å². The molecule has 3 rings (SSSR count). The Kier molecular flexibility index (Phi) is 3.23. The largest absolute Gasteiger partial charge is 0.344 e. The van der Waals surface area contributed by atoms with E-state index in [1.165, 1.54) is 0 Å². The van der Waals surface area contributed by atoms with Crippen LogP contribution in [0.3, 0.4) is 0 Å². The van der Waals surface area contributed by atoms with Gasteiger partial charge in [-0.05, 0) is 38.8 Å². The van der Waals surface area contributed by atoms with Crippen LogP contribution in [0.2, 0.25) is 0 Å². The summed E-state index contributed by atoms with van der Waals surface area (Å²) in [6, 6.07) is 3.43. The molecule has 0 radical (unpaired) electrons. The van der Waals surface area contributed by atoms with Gasteiger partial charge in [-0.2, -0.15) is 4.98 Å². The molecule has 21 heavy (non-hydrogen) atoms. The minimum Gasteiger partial charge on any atom is -0.344 e. The van der Waals surface area contributed by atoms with Crippen molar-refractivity contribution < 1.29 is 9.32 Å². The highest BCUT2D eigenvalue weighted by Gasteiger charge is 2.45. The maximum absolute atomic E-state index is 12.0. The van der Waals surface area contributed by atoms with Crippen LogP contribution in [-0.2, 0) is 4.79 Å². The van der Waals surface area contributed by atoms with Crippen molar-refractivity contribution in [1.29, 1.82) is 0 Å². The molecule has 0 aromatic carbocycles. The molecule has 1 N–H and O–H groups in total. The molecular formula is C15H18N4O2. The number of aryl methyl sites for hydroxylation is 1. The third-order valence-corrected chi connectivity index (χ3v) is 3.86. The first-order valence-electron chi connectivity index (χ1n) is 7.05. The number of amides is 1. The minimum absolute atomic E-state index is 0.0505. The van der Waals surface area contributed by atoms with Gasteiger partial charge in [0.05, 0.1) is 0 Å². The van der Waals surface area contributed by atoms with Gasteiger partial charge in [-0.3, -0.25) is 9.78 Å². The summed E-state index contributed by atoms with van der Waals surface area (Å²) in [4.78, 5) is 20.5. The van der Waals surface area contributed by atoms with Crippen LogP contribution in [0.25, 0.3) is 11.4 Å². The van der Waals surface area contributed by atoms with Crippen LogP contribution in [-0.4, -0.2) is 21.0 Å². The fourth-order valence-corrected chi connectivity index (χ4v) is 2.06. The first kappa shape index (κ1) is 13.7. The normalized spacial score (nSPS) is 17.3. The summed E-state index contributed by atoms with van der Waals surface area (Å²) in [5.41, 5.74) is 1.53. The van der Waals surface area contributed by atoms with Crippen LogP contribution in [0.4, 0.5) is 0 Å². The molecular weight excluding hydrogens is 268 g/mol. The average molecular weight is 286 g/mol. The molecule has 1 amide bonds. The van der Waals surface area contributed by atoms with E-state index in [0.717, 1.165) is 24.1 Å². The van der Waals surface area contributed by atoms with E-state index in [1.807, 2.05) is 32.9 Å². The zero-order valence-electron chi connectivity index (χ0n) is 12.4. The second-order valence-corrected chi connectivity index (χ2v) is 5.90. The molecule has 1 saturated carbocycles. The molecule has 110 valence electrons. The molecule has 1 fully saturated rings. The molecule has 2 aromatic heterocycles. The van der Waals surface area contributed by atoms with Gasteiger partial charge in [-0.25, -0.2) is 0 Å². The number of nitrogens with one attached hydrogen (secondary N) is 1. The summed E-state index contributed by atoms with van der Waals surface area (Å²) in [5, 5.41) is 6.90. The van der Waals surface area contributed by atoms with Crippen LogP contribution < -0.4 is 5.32 Å². The molecule has 1 atom stereocenters. The maximum Gasteiger partial charge on any atom is 0.249 e. The van der Waals surface area contributed by atoms with Crippen molar-refractivity contribution in [3.8, 4) is 11.4 Å². The monoisotopic (exact) mass is 286 g/mol. The topological polar surface area (TPSA) is 80.9 Å². The Morgan fingerprint density at radius 3 is 2.90 bits per heavy atom. The molecule has 0 bridgehead atoms. The predicted octanol–water partition coefficient (Wildman–Crippen LogP) is 2.42. The number of carbonyl (C=O) groups excluding carboxylic acids is 1. The minimum atomic E-state index is -0.292. The Morgan fingerprint density at radius 1 is 1.48 bits per heavy atom. The number of hydrogen-bond acceptors (Lipinski definition) is 5. The second kappa shape index (κ2) is 4.95. The zero-order valence-corrected chi connectivity index (χ0v) is 12.4. The molecule has 6 heteroatoms. The van der Waals surface area contributed by atoms with Crippen LogP contribution in [0.5, 0.6) is 0 Å². The average Bonchev–Trinajstić information content (AvgIpc) is 3.03. The first-order chi connectivity index (χ1) is 9.98. The summed E-state index contributed by atoms with van der Waals surface area (Å²) < 4.78 is 5.26. The van der Waals surface area contributed by atoms with Crippen molar-refractivity contribution in [2.75, 3.05) is 0 Å². The van der Waals surface area contributed by atoms with Crippen LogP contribution in [0.15, 0.2) is 22.9 Å². The van der Waals surface area contributed by atoms with Gasteiger partial charge in [0.25, 0.3) is 0 Å². The van der Waals surface area contributed by atoms with Gasteiger partial charge in [0, 0.05) is 22.9 Å². The van der Waals surface area contributed by atoms with Crippen molar-refractivity contribution >= 4 is 5.91 Å². The Hall–Kier alpha value is -2.24. The quantitative estimate of drug-likeness (QED) is 0.933. The van der Waals surface area contributed by atoms with E-state index < -0.39 is 0 Å². The van der Waals surface area contributed by atoms with Crippen molar-refractivity contribution in [3.63, 3.8) is 0 Å². The maximum atomic E-state index is 12.0. The van der Waals surface area contributed by atoms with Crippen LogP contribution in [0, 0.1) is 12.3 Å². The zero-order chi connectivity index (χ0) is 15.0. The molecule has 2 heterocycles. The number of carbonyl (C=O) groups is 1. The standard InChI is InChI=1S/C15H18N4O2/c1-9-8-11(4-7-16-9)12-18-13(21-19-12)10(2)17-14(20)15(3)5-6-15/h4,7-8,10H,5-6H2,1-3H3,(H,17,20)/t10-/m0/s1. The number of nitrogens with zero attached hydrogens (tertiary/aromatic N) is 3. The third kappa shape index (κ3) is 2.79. The van der Waals surface area contributed by atoms with E-state index in [-0.39, 0.29) is 17.4 Å². The fourth-order valence-electron chi connectivity index (χ4n) is 2.06. The Morgan fingerprint density at radius 2 is 2.24 bits per heavy atom. The van der Waals surface area contributed by atoms with E-state index in [2.05, 4.69) is 20.4 Å². The summed E-state index contributed by atoms with van der Waals surface area (Å²) in [5.74, 6) is 0.973. The van der Waals surface area contributed by atoms with Gasteiger partial charge < -0.3 is 9.84 Å². The van der Waals surface area contributed by atoms with Gasteiger partial charge in [0.15, 0.2) is 0 Å². The fraction of sp³-hybridized carbons (Fsp3) is 0.467. The molecule has 0 saturated heterocycles. The Bertz CT molecular complexity index is 676. The highest BCUT2D eigenvalue weighted by molar-refractivity contribution is 5.85. The van der Waals surface area contributed by atoms with E-state index in [0.29, 0.717) is 11.7 Å². The van der Waals surface area contributed by atoms with Crippen LogP contribution >= 0.6 is 0 Å². The van der Waals surface area contributed by atoms with E-state index in [4.69, 9.17) is 4.52 Å². The number of aromatic nitrogens is 3. The summed E-state index contributed by atoms with van der Waals surface area (Å²) >= 11 is 0. The summed E-state index contributed by atoms with van der Waals surface area (Å²) in [6.45, 7) is 5.72. The van der Waals surface area contributed by atoms with Gasteiger partial charge in [-0.1, -0.05) is 12.1 Å². The van der Waals surface area contributed by atoms with E-state index in [1.54, 1.807) is 6.20 Å². The summed E-state index contributed by atoms with van der Waals surface area (Å²) in [7, 11) is 0.